The number of aromatic amines is 1. The summed E-state index contributed by atoms with van der Waals surface area (Å²) in [5.74, 6) is 1.85. The van der Waals surface area contributed by atoms with E-state index < -0.39 is 0 Å². The Morgan fingerprint density at radius 3 is 2.76 bits per heavy atom. The number of anilines is 1. The first kappa shape index (κ1) is 19.4. The summed E-state index contributed by atoms with van der Waals surface area (Å²) >= 11 is 0. The van der Waals surface area contributed by atoms with Crippen molar-refractivity contribution in [3.8, 4) is 5.75 Å². The lowest BCUT2D eigenvalue weighted by Crippen LogP contribution is -2.33. The zero-order valence-corrected chi connectivity index (χ0v) is 17.2. The van der Waals surface area contributed by atoms with Gasteiger partial charge in [0.2, 0.25) is 5.95 Å². The Labute approximate surface area is 170 Å². The number of piperidine rings is 1. The van der Waals surface area contributed by atoms with Gasteiger partial charge in [0.15, 0.2) is 0 Å². The predicted molar refractivity (Wildman–Crippen MR) is 115 cm³/mol. The van der Waals surface area contributed by atoms with Crippen molar-refractivity contribution in [2.24, 2.45) is 0 Å². The van der Waals surface area contributed by atoms with Crippen LogP contribution in [0.3, 0.4) is 0 Å². The molecular weight excluding hydrogens is 366 g/mol. The number of nitrogens with one attached hydrogen (secondary N) is 1. The second-order valence-electron chi connectivity index (χ2n) is 7.82. The number of hydrogen-bond donors (Lipinski definition) is 1. The van der Waals surface area contributed by atoms with Crippen LogP contribution in [0.4, 0.5) is 5.95 Å². The number of fused-ring (bicyclic) bond motifs is 1. The van der Waals surface area contributed by atoms with Crippen molar-refractivity contribution >= 4 is 16.9 Å². The lowest BCUT2D eigenvalue weighted by Gasteiger charge is -2.32. The van der Waals surface area contributed by atoms with Crippen molar-refractivity contribution in [3.63, 3.8) is 0 Å². The molecule has 1 N–H and O–H groups in total. The van der Waals surface area contributed by atoms with E-state index in [0.29, 0.717) is 22.8 Å². The van der Waals surface area contributed by atoms with E-state index in [2.05, 4.69) is 32.0 Å². The minimum Gasteiger partial charge on any atom is -0.497 e. The summed E-state index contributed by atoms with van der Waals surface area (Å²) in [4.78, 5) is 28.7. The molecule has 0 bridgehead atoms. The van der Waals surface area contributed by atoms with Crippen molar-refractivity contribution in [1.82, 2.24) is 19.9 Å². The zero-order valence-electron chi connectivity index (χ0n) is 17.2. The van der Waals surface area contributed by atoms with Gasteiger partial charge in [-0.3, -0.25) is 9.69 Å². The molecule has 1 aliphatic rings. The van der Waals surface area contributed by atoms with Crippen LogP contribution in [-0.4, -0.2) is 54.1 Å². The van der Waals surface area contributed by atoms with Crippen LogP contribution in [0.25, 0.3) is 10.9 Å². The molecule has 1 aromatic carbocycles. The fourth-order valence-corrected chi connectivity index (χ4v) is 3.92. The van der Waals surface area contributed by atoms with Crippen LogP contribution >= 0.6 is 0 Å². The third-order valence-electron chi connectivity index (χ3n) is 5.57. The number of methoxy groups -OCH3 is 1. The van der Waals surface area contributed by atoms with E-state index in [1.165, 1.54) is 5.56 Å². The fourth-order valence-electron chi connectivity index (χ4n) is 3.92. The molecule has 0 atom stereocenters. The van der Waals surface area contributed by atoms with Crippen LogP contribution < -0.4 is 15.2 Å². The third-order valence-corrected chi connectivity index (χ3v) is 5.57. The second kappa shape index (κ2) is 8.21. The Balaban J connectivity index is 1.47. The van der Waals surface area contributed by atoms with Gasteiger partial charge in [0.1, 0.15) is 5.75 Å². The zero-order chi connectivity index (χ0) is 20.4. The molecule has 2 aromatic heterocycles. The van der Waals surface area contributed by atoms with E-state index in [0.717, 1.165) is 43.9 Å². The van der Waals surface area contributed by atoms with Gasteiger partial charge >= 0.3 is 0 Å². The Morgan fingerprint density at radius 2 is 2.03 bits per heavy atom. The van der Waals surface area contributed by atoms with Gasteiger partial charge in [-0.2, -0.15) is 0 Å². The lowest BCUT2D eigenvalue weighted by molar-refractivity contribution is 0.203. The predicted octanol–water partition coefficient (Wildman–Crippen LogP) is 2.77. The topological polar surface area (TPSA) is 74.3 Å². The van der Waals surface area contributed by atoms with Gasteiger partial charge in [0.25, 0.3) is 5.56 Å². The van der Waals surface area contributed by atoms with Crippen molar-refractivity contribution in [2.45, 2.75) is 25.3 Å². The molecule has 1 fully saturated rings. The molecule has 4 rings (SSSR count). The van der Waals surface area contributed by atoms with Gasteiger partial charge < -0.3 is 14.6 Å². The van der Waals surface area contributed by atoms with E-state index in [4.69, 9.17) is 4.74 Å². The van der Waals surface area contributed by atoms with Crippen molar-refractivity contribution in [1.29, 1.82) is 0 Å². The molecule has 7 heteroatoms. The van der Waals surface area contributed by atoms with Gasteiger partial charge in [0.05, 0.1) is 18.0 Å². The molecule has 1 aliphatic heterocycles. The van der Waals surface area contributed by atoms with Gasteiger partial charge in [-0.25, -0.2) is 9.97 Å². The van der Waals surface area contributed by atoms with Crippen molar-refractivity contribution in [2.75, 3.05) is 39.2 Å². The monoisotopic (exact) mass is 393 g/mol. The van der Waals surface area contributed by atoms with Crippen LogP contribution in [0, 0.1) is 0 Å². The van der Waals surface area contributed by atoms with E-state index in [-0.39, 0.29) is 5.56 Å². The molecule has 3 heterocycles. The first-order valence-electron chi connectivity index (χ1n) is 9.96. The first-order chi connectivity index (χ1) is 14.0. The highest BCUT2D eigenvalue weighted by Gasteiger charge is 2.22. The van der Waals surface area contributed by atoms with Crippen LogP contribution in [0.1, 0.15) is 30.0 Å². The number of benzene rings is 1. The first-order valence-corrected chi connectivity index (χ1v) is 9.96. The minimum atomic E-state index is -0.110. The van der Waals surface area contributed by atoms with Gasteiger partial charge in [-0.15, -0.1) is 0 Å². The van der Waals surface area contributed by atoms with E-state index in [1.807, 2.05) is 37.2 Å². The maximum absolute atomic E-state index is 12.5. The summed E-state index contributed by atoms with van der Waals surface area (Å²) in [7, 11) is 5.49. The van der Waals surface area contributed by atoms with Gasteiger partial charge in [0, 0.05) is 38.4 Å². The van der Waals surface area contributed by atoms with Crippen LogP contribution in [0.15, 0.2) is 41.3 Å². The SMILES string of the molecule is COc1cccc(CN2CCC(c3cc4nc(N(C)C)ncc4c(=O)[nH]3)CC2)c1. The second-order valence-corrected chi connectivity index (χ2v) is 7.82. The number of ether oxygens (including phenoxy) is 1. The molecule has 0 saturated carbocycles. The van der Waals surface area contributed by atoms with Gasteiger partial charge in [-0.1, -0.05) is 12.1 Å². The summed E-state index contributed by atoms with van der Waals surface area (Å²) in [6.45, 7) is 2.90. The third kappa shape index (κ3) is 4.24. The highest BCUT2D eigenvalue weighted by atomic mass is 16.5. The van der Waals surface area contributed by atoms with Crippen LogP contribution in [-0.2, 0) is 6.54 Å². The molecule has 0 aliphatic carbocycles. The maximum atomic E-state index is 12.5. The Kier molecular flexibility index (Phi) is 5.49. The average Bonchev–Trinajstić information content (AvgIpc) is 2.74. The molecule has 29 heavy (non-hydrogen) atoms. The van der Waals surface area contributed by atoms with E-state index in [1.54, 1.807) is 13.3 Å². The fraction of sp³-hybridized carbons (Fsp3) is 0.409. The highest BCUT2D eigenvalue weighted by molar-refractivity contribution is 5.78. The van der Waals surface area contributed by atoms with Crippen molar-refractivity contribution < 1.29 is 4.74 Å². The largest absolute Gasteiger partial charge is 0.497 e. The number of hydrogen-bond acceptors (Lipinski definition) is 6. The molecule has 7 nitrogen and oxygen atoms in total. The van der Waals surface area contributed by atoms with Crippen LogP contribution in [0.2, 0.25) is 0 Å². The summed E-state index contributed by atoms with van der Waals surface area (Å²) in [6, 6.07) is 10.3. The summed E-state index contributed by atoms with van der Waals surface area (Å²) in [5, 5.41) is 0.537. The summed E-state index contributed by atoms with van der Waals surface area (Å²) in [6.07, 6.45) is 3.63. The number of H-pyrrole nitrogens is 1. The molecule has 1 saturated heterocycles. The molecule has 0 unspecified atom stereocenters. The molecule has 152 valence electrons. The molecule has 3 aromatic rings. The normalized spacial score (nSPS) is 15.6. The average molecular weight is 393 g/mol. The summed E-state index contributed by atoms with van der Waals surface area (Å²) in [5.41, 5.74) is 2.84. The van der Waals surface area contributed by atoms with Gasteiger partial charge in [-0.05, 0) is 49.7 Å². The summed E-state index contributed by atoms with van der Waals surface area (Å²) < 4.78 is 5.32. The van der Waals surface area contributed by atoms with E-state index in [9.17, 15) is 4.79 Å². The molecule has 0 radical (unpaired) electrons. The smallest absolute Gasteiger partial charge is 0.259 e. The Bertz CT molecular complexity index is 1050. The molecular formula is C22H27N5O2. The van der Waals surface area contributed by atoms with Crippen molar-refractivity contribution in [3.05, 3.63) is 58.1 Å². The maximum Gasteiger partial charge on any atom is 0.259 e. The van der Waals surface area contributed by atoms with E-state index >= 15 is 0 Å². The molecule has 0 spiro atoms. The number of pyridine rings is 1. The number of aromatic nitrogens is 3. The lowest BCUT2D eigenvalue weighted by atomic mass is 9.92. The number of likely N-dealkylation sites (tertiary alicyclic amines) is 1. The van der Waals surface area contributed by atoms with Crippen LogP contribution in [0.5, 0.6) is 5.75 Å². The number of nitrogens with zero attached hydrogens (tertiary/aromatic N) is 4. The standard InChI is InChI=1S/C22H27N5O2/c1-26(2)22-23-13-18-20(25-22)12-19(24-21(18)28)16-7-9-27(10-8-16)14-15-5-4-6-17(11-15)29-3/h4-6,11-13,16H,7-10,14H2,1-3H3,(H,24,28). The quantitative estimate of drug-likeness (QED) is 0.719. The Hall–Kier alpha value is -2.93. The minimum absolute atomic E-state index is 0.110. The molecule has 0 amide bonds. The number of rotatable bonds is 5. The highest BCUT2D eigenvalue weighted by Crippen LogP contribution is 2.28. The Morgan fingerprint density at radius 1 is 1.24 bits per heavy atom.